The molecular formula is C20H19NO2S. The highest BCUT2D eigenvalue weighted by Gasteiger charge is 2.12. The van der Waals surface area contributed by atoms with Crippen molar-refractivity contribution < 1.29 is 9.53 Å². The van der Waals surface area contributed by atoms with Gasteiger partial charge in [0.25, 0.3) is 5.91 Å². The molecule has 0 radical (unpaired) electrons. The van der Waals surface area contributed by atoms with Gasteiger partial charge in [0, 0.05) is 10.4 Å². The van der Waals surface area contributed by atoms with Gasteiger partial charge >= 0.3 is 0 Å². The van der Waals surface area contributed by atoms with Gasteiger partial charge in [-0.15, -0.1) is 11.3 Å². The van der Waals surface area contributed by atoms with Crippen molar-refractivity contribution in [2.75, 3.05) is 6.61 Å². The predicted molar refractivity (Wildman–Crippen MR) is 98.2 cm³/mol. The van der Waals surface area contributed by atoms with E-state index in [1.807, 2.05) is 79.0 Å². The molecular weight excluding hydrogens is 318 g/mol. The highest BCUT2D eigenvalue weighted by molar-refractivity contribution is 7.10. The zero-order chi connectivity index (χ0) is 16.8. The molecule has 2 aromatic carbocycles. The van der Waals surface area contributed by atoms with E-state index in [0.717, 1.165) is 16.0 Å². The maximum Gasteiger partial charge on any atom is 0.258 e. The van der Waals surface area contributed by atoms with E-state index >= 15 is 0 Å². The number of rotatable bonds is 6. The summed E-state index contributed by atoms with van der Waals surface area (Å²) in [5.41, 5.74) is 2.05. The first kappa shape index (κ1) is 16.3. The van der Waals surface area contributed by atoms with E-state index in [0.29, 0.717) is 5.75 Å². The topological polar surface area (TPSA) is 38.3 Å². The Balaban J connectivity index is 1.64. The fourth-order valence-corrected chi connectivity index (χ4v) is 3.22. The lowest BCUT2D eigenvalue weighted by molar-refractivity contribution is -0.123. The van der Waals surface area contributed by atoms with Crippen LogP contribution in [0.1, 0.15) is 17.8 Å². The summed E-state index contributed by atoms with van der Waals surface area (Å²) in [5, 5.41) is 4.96. The molecule has 0 saturated heterocycles. The van der Waals surface area contributed by atoms with Crippen molar-refractivity contribution in [1.82, 2.24) is 5.32 Å². The SMILES string of the molecule is CC(NC(=O)COc1ccccc1-c1ccccc1)c1cccs1. The van der Waals surface area contributed by atoms with Crippen LogP contribution in [-0.4, -0.2) is 12.5 Å². The Kier molecular flexibility index (Phi) is 5.29. The van der Waals surface area contributed by atoms with Crippen molar-refractivity contribution >= 4 is 17.2 Å². The van der Waals surface area contributed by atoms with Crippen molar-refractivity contribution in [3.05, 3.63) is 77.0 Å². The summed E-state index contributed by atoms with van der Waals surface area (Å²) >= 11 is 1.63. The molecule has 0 aliphatic carbocycles. The van der Waals surface area contributed by atoms with Gasteiger partial charge in [0.15, 0.2) is 6.61 Å². The number of amides is 1. The molecule has 0 aliphatic heterocycles. The molecule has 1 atom stereocenters. The van der Waals surface area contributed by atoms with Gasteiger partial charge in [0.2, 0.25) is 0 Å². The molecule has 3 nitrogen and oxygen atoms in total. The summed E-state index contributed by atoms with van der Waals surface area (Å²) in [6.45, 7) is 1.97. The highest BCUT2D eigenvalue weighted by Crippen LogP contribution is 2.29. The normalized spacial score (nSPS) is 11.7. The summed E-state index contributed by atoms with van der Waals surface area (Å²) < 4.78 is 5.76. The first-order valence-electron chi connectivity index (χ1n) is 7.84. The minimum Gasteiger partial charge on any atom is -0.483 e. The summed E-state index contributed by atoms with van der Waals surface area (Å²) in [4.78, 5) is 13.3. The Morgan fingerprint density at radius 1 is 1.04 bits per heavy atom. The number of para-hydroxylation sites is 1. The lowest BCUT2D eigenvalue weighted by atomic mass is 10.1. The smallest absolute Gasteiger partial charge is 0.258 e. The minimum absolute atomic E-state index is 0.000434. The molecule has 1 N–H and O–H groups in total. The molecule has 122 valence electrons. The monoisotopic (exact) mass is 337 g/mol. The number of ether oxygens (including phenoxy) is 1. The molecule has 0 bridgehead atoms. The number of hydrogen-bond donors (Lipinski definition) is 1. The molecule has 4 heteroatoms. The molecule has 0 saturated carbocycles. The van der Waals surface area contributed by atoms with Crippen LogP contribution in [-0.2, 0) is 4.79 Å². The second-order valence-electron chi connectivity index (χ2n) is 5.46. The van der Waals surface area contributed by atoms with Gasteiger partial charge in [-0.3, -0.25) is 4.79 Å². The third-order valence-electron chi connectivity index (χ3n) is 3.68. The van der Waals surface area contributed by atoms with Crippen LogP contribution >= 0.6 is 11.3 Å². The van der Waals surface area contributed by atoms with E-state index in [1.54, 1.807) is 11.3 Å². The van der Waals surface area contributed by atoms with E-state index in [4.69, 9.17) is 4.74 Å². The molecule has 24 heavy (non-hydrogen) atoms. The van der Waals surface area contributed by atoms with Crippen molar-refractivity contribution in [2.24, 2.45) is 0 Å². The Hall–Kier alpha value is -2.59. The van der Waals surface area contributed by atoms with E-state index in [1.165, 1.54) is 0 Å². The molecule has 0 aliphatic rings. The maximum absolute atomic E-state index is 12.1. The Bertz CT molecular complexity index is 784. The van der Waals surface area contributed by atoms with Crippen LogP contribution in [0.2, 0.25) is 0 Å². The number of carbonyl (C=O) groups excluding carboxylic acids is 1. The van der Waals surface area contributed by atoms with Crippen molar-refractivity contribution in [1.29, 1.82) is 0 Å². The van der Waals surface area contributed by atoms with E-state index < -0.39 is 0 Å². The van der Waals surface area contributed by atoms with Crippen LogP contribution in [0.4, 0.5) is 0 Å². The number of hydrogen-bond acceptors (Lipinski definition) is 3. The molecule has 0 fully saturated rings. The molecule has 3 rings (SSSR count). The second kappa shape index (κ2) is 7.79. The number of benzene rings is 2. The lowest BCUT2D eigenvalue weighted by Crippen LogP contribution is -2.30. The molecule has 3 aromatic rings. The quantitative estimate of drug-likeness (QED) is 0.710. The third-order valence-corrected chi connectivity index (χ3v) is 4.73. The van der Waals surface area contributed by atoms with Gasteiger partial charge in [0.1, 0.15) is 5.75 Å². The van der Waals surface area contributed by atoms with E-state index in [9.17, 15) is 4.79 Å². The average Bonchev–Trinajstić information content (AvgIpc) is 3.16. The Morgan fingerprint density at radius 3 is 2.54 bits per heavy atom. The lowest BCUT2D eigenvalue weighted by Gasteiger charge is -2.14. The second-order valence-corrected chi connectivity index (χ2v) is 6.43. The standard InChI is InChI=1S/C20H19NO2S/c1-15(19-12-7-13-24-19)21-20(22)14-23-18-11-6-5-10-17(18)16-8-3-2-4-9-16/h2-13,15H,14H2,1H3,(H,21,22). The van der Waals surface area contributed by atoms with E-state index in [2.05, 4.69) is 5.32 Å². The molecule has 0 spiro atoms. The third kappa shape index (κ3) is 4.03. The van der Waals surface area contributed by atoms with Gasteiger partial charge < -0.3 is 10.1 Å². The average molecular weight is 337 g/mol. The van der Waals surface area contributed by atoms with Gasteiger partial charge in [-0.25, -0.2) is 0 Å². The van der Waals surface area contributed by atoms with E-state index in [-0.39, 0.29) is 18.6 Å². The van der Waals surface area contributed by atoms with Gasteiger partial charge in [-0.2, -0.15) is 0 Å². The maximum atomic E-state index is 12.1. The van der Waals surface area contributed by atoms with Crippen molar-refractivity contribution in [3.8, 4) is 16.9 Å². The highest BCUT2D eigenvalue weighted by atomic mass is 32.1. The molecule has 1 unspecified atom stereocenters. The van der Waals surface area contributed by atoms with Crippen LogP contribution in [0.25, 0.3) is 11.1 Å². The first-order chi connectivity index (χ1) is 11.7. The number of nitrogens with one attached hydrogen (secondary N) is 1. The Labute approximate surface area is 145 Å². The molecule has 1 heterocycles. The summed E-state index contributed by atoms with van der Waals surface area (Å²) in [6.07, 6.45) is 0. The molecule has 1 aromatic heterocycles. The van der Waals surface area contributed by atoms with Crippen LogP contribution in [0.5, 0.6) is 5.75 Å². The van der Waals surface area contributed by atoms with Crippen molar-refractivity contribution in [3.63, 3.8) is 0 Å². The van der Waals surface area contributed by atoms with Crippen LogP contribution in [0.15, 0.2) is 72.1 Å². The van der Waals surface area contributed by atoms with Gasteiger partial charge in [-0.05, 0) is 30.0 Å². The summed E-state index contributed by atoms with van der Waals surface area (Å²) in [5.74, 6) is 0.585. The predicted octanol–water partition coefficient (Wildman–Crippen LogP) is 4.67. The van der Waals surface area contributed by atoms with Gasteiger partial charge in [0.05, 0.1) is 6.04 Å². The molecule has 1 amide bonds. The van der Waals surface area contributed by atoms with Crippen molar-refractivity contribution in [2.45, 2.75) is 13.0 Å². The summed E-state index contributed by atoms with van der Waals surface area (Å²) in [6, 6.07) is 21.8. The van der Waals surface area contributed by atoms with Gasteiger partial charge in [-0.1, -0.05) is 54.6 Å². The fourth-order valence-electron chi connectivity index (χ4n) is 2.48. The minimum atomic E-state index is -0.126. The zero-order valence-electron chi connectivity index (χ0n) is 13.4. The summed E-state index contributed by atoms with van der Waals surface area (Å²) in [7, 11) is 0. The number of thiophene rings is 1. The first-order valence-corrected chi connectivity index (χ1v) is 8.72. The zero-order valence-corrected chi connectivity index (χ0v) is 14.3. The van der Waals surface area contributed by atoms with Crippen LogP contribution < -0.4 is 10.1 Å². The number of carbonyl (C=O) groups is 1. The van der Waals surface area contributed by atoms with Crippen LogP contribution in [0.3, 0.4) is 0 Å². The van der Waals surface area contributed by atoms with Crippen LogP contribution in [0, 0.1) is 0 Å². The Morgan fingerprint density at radius 2 is 1.79 bits per heavy atom. The largest absolute Gasteiger partial charge is 0.483 e. The fraction of sp³-hybridized carbons (Fsp3) is 0.150.